The van der Waals surface area contributed by atoms with Crippen LogP contribution in [0, 0.1) is 6.92 Å². The summed E-state index contributed by atoms with van der Waals surface area (Å²) in [5.74, 6) is -0.0671. The molecule has 0 unspecified atom stereocenters. The monoisotopic (exact) mass is 334 g/mol. The second-order valence-electron chi connectivity index (χ2n) is 6.60. The van der Waals surface area contributed by atoms with Crippen LogP contribution in [-0.2, 0) is 6.54 Å². The Kier molecular flexibility index (Phi) is 4.70. The average Bonchev–Trinajstić information content (AvgIpc) is 2.59. The second kappa shape index (κ2) is 6.93. The van der Waals surface area contributed by atoms with Crippen LogP contribution in [0.3, 0.4) is 0 Å². The predicted octanol–water partition coefficient (Wildman–Crippen LogP) is 3.89. The van der Waals surface area contributed by atoms with Crippen molar-refractivity contribution in [1.82, 2.24) is 9.88 Å². The van der Waals surface area contributed by atoms with E-state index in [1.165, 1.54) is 0 Å². The molecule has 0 atom stereocenters. The van der Waals surface area contributed by atoms with E-state index in [0.717, 1.165) is 16.5 Å². The Hall–Kier alpha value is -2.88. The zero-order valence-electron chi connectivity index (χ0n) is 14.7. The topological polar surface area (TPSA) is 53.2 Å². The van der Waals surface area contributed by atoms with Gasteiger partial charge in [-0.05, 0) is 50.4 Å². The Bertz CT molecular complexity index is 956. The number of aromatic nitrogens is 1. The molecule has 1 heterocycles. The van der Waals surface area contributed by atoms with Gasteiger partial charge >= 0.3 is 0 Å². The molecule has 0 spiro atoms. The van der Waals surface area contributed by atoms with Crippen LogP contribution in [0.25, 0.3) is 10.9 Å². The van der Waals surface area contributed by atoms with E-state index in [9.17, 15) is 9.59 Å². The maximum Gasteiger partial charge on any atom is 0.254 e. The molecule has 2 aromatic carbocycles. The van der Waals surface area contributed by atoms with E-state index in [1.54, 1.807) is 4.90 Å². The van der Waals surface area contributed by atoms with E-state index in [2.05, 4.69) is 4.98 Å². The number of nitrogens with zero attached hydrogens (tertiary/aromatic N) is 1. The molecular formula is C21H22N2O2. The van der Waals surface area contributed by atoms with Gasteiger partial charge in [-0.15, -0.1) is 0 Å². The van der Waals surface area contributed by atoms with E-state index >= 15 is 0 Å². The molecule has 0 saturated heterocycles. The second-order valence-corrected chi connectivity index (χ2v) is 6.60. The number of fused-ring (bicyclic) bond motifs is 1. The molecular weight excluding hydrogens is 312 g/mol. The van der Waals surface area contributed by atoms with Crippen molar-refractivity contribution >= 4 is 16.8 Å². The van der Waals surface area contributed by atoms with Crippen molar-refractivity contribution in [2.24, 2.45) is 0 Å². The molecule has 128 valence electrons. The van der Waals surface area contributed by atoms with Crippen LogP contribution in [0.1, 0.15) is 35.3 Å². The first-order valence-corrected chi connectivity index (χ1v) is 8.44. The fourth-order valence-corrected chi connectivity index (χ4v) is 2.84. The van der Waals surface area contributed by atoms with Crippen LogP contribution in [0.2, 0.25) is 0 Å². The SMILES string of the molecule is Cc1ccc(C(=O)N(Cc2cc3ccccc3[nH]c2=O)C(C)C)cc1. The first kappa shape index (κ1) is 17.0. The lowest BCUT2D eigenvalue weighted by molar-refractivity contribution is 0.0689. The summed E-state index contributed by atoms with van der Waals surface area (Å²) >= 11 is 0. The number of para-hydroxylation sites is 1. The molecule has 3 rings (SSSR count). The number of aryl methyl sites for hydroxylation is 1. The molecule has 1 amide bonds. The maximum atomic E-state index is 12.9. The molecule has 4 nitrogen and oxygen atoms in total. The van der Waals surface area contributed by atoms with E-state index < -0.39 is 0 Å². The fourth-order valence-electron chi connectivity index (χ4n) is 2.84. The molecule has 0 radical (unpaired) electrons. The van der Waals surface area contributed by atoms with E-state index in [-0.39, 0.29) is 24.1 Å². The van der Waals surface area contributed by atoms with Crippen molar-refractivity contribution in [3.8, 4) is 0 Å². The van der Waals surface area contributed by atoms with Crippen molar-refractivity contribution in [3.05, 3.63) is 81.6 Å². The first-order chi connectivity index (χ1) is 12.0. The van der Waals surface area contributed by atoms with Gasteiger partial charge in [0.15, 0.2) is 0 Å². The van der Waals surface area contributed by atoms with E-state index in [1.807, 2.05) is 75.4 Å². The standard InChI is InChI=1S/C21H22N2O2/c1-14(2)23(21(25)16-10-8-15(3)9-11-16)13-18-12-17-6-4-5-7-19(17)22-20(18)24/h4-12,14H,13H2,1-3H3,(H,22,24). The van der Waals surface area contributed by atoms with Gasteiger partial charge in [-0.25, -0.2) is 0 Å². The van der Waals surface area contributed by atoms with Gasteiger partial charge in [0.1, 0.15) is 0 Å². The molecule has 3 aromatic rings. The van der Waals surface area contributed by atoms with Crippen molar-refractivity contribution in [2.75, 3.05) is 0 Å². The van der Waals surface area contributed by atoms with Gasteiger partial charge in [0.2, 0.25) is 0 Å². The number of rotatable bonds is 4. The molecule has 25 heavy (non-hydrogen) atoms. The number of amides is 1. The van der Waals surface area contributed by atoms with Gasteiger partial charge in [-0.2, -0.15) is 0 Å². The summed E-state index contributed by atoms with van der Waals surface area (Å²) in [6.45, 7) is 6.19. The highest BCUT2D eigenvalue weighted by atomic mass is 16.2. The number of pyridine rings is 1. The maximum absolute atomic E-state index is 12.9. The molecule has 0 saturated carbocycles. The number of aromatic amines is 1. The van der Waals surface area contributed by atoms with Gasteiger partial charge in [0.25, 0.3) is 11.5 Å². The largest absolute Gasteiger partial charge is 0.332 e. The zero-order valence-corrected chi connectivity index (χ0v) is 14.7. The van der Waals surface area contributed by atoms with Crippen molar-refractivity contribution in [2.45, 2.75) is 33.4 Å². The first-order valence-electron chi connectivity index (χ1n) is 8.44. The third kappa shape index (κ3) is 3.63. The van der Waals surface area contributed by atoms with Crippen molar-refractivity contribution in [3.63, 3.8) is 0 Å². The third-order valence-electron chi connectivity index (χ3n) is 4.35. The van der Waals surface area contributed by atoms with Crippen LogP contribution in [0.15, 0.2) is 59.4 Å². The minimum Gasteiger partial charge on any atom is -0.332 e. The van der Waals surface area contributed by atoms with Gasteiger partial charge in [0.05, 0.1) is 6.54 Å². The lowest BCUT2D eigenvalue weighted by Crippen LogP contribution is -2.38. The summed E-state index contributed by atoms with van der Waals surface area (Å²) < 4.78 is 0. The van der Waals surface area contributed by atoms with Gasteiger partial charge < -0.3 is 9.88 Å². The Labute approximate surface area is 147 Å². The number of nitrogens with one attached hydrogen (secondary N) is 1. The third-order valence-corrected chi connectivity index (χ3v) is 4.35. The van der Waals surface area contributed by atoms with E-state index in [4.69, 9.17) is 0 Å². The van der Waals surface area contributed by atoms with Crippen LogP contribution in [-0.4, -0.2) is 21.8 Å². The smallest absolute Gasteiger partial charge is 0.254 e. The lowest BCUT2D eigenvalue weighted by Gasteiger charge is -2.27. The summed E-state index contributed by atoms with van der Waals surface area (Å²) in [5.41, 5.74) is 2.99. The van der Waals surface area contributed by atoms with Gasteiger partial charge in [-0.1, -0.05) is 35.9 Å². The summed E-state index contributed by atoms with van der Waals surface area (Å²) in [5, 5.41) is 0.962. The highest BCUT2D eigenvalue weighted by molar-refractivity contribution is 5.94. The number of carbonyl (C=O) groups excluding carboxylic acids is 1. The predicted molar refractivity (Wildman–Crippen MR) is 101 cm³/mol. The van der Waals surface area contributed by atoms with Crippen molar-refractivity contribution < 1.29 is 4.79 Å². The molecule has 1 N–H and O–H groups in total. The minimum atomic E-state index is -0.152. The summed E-state index contributed by atoms with van der Waals surface area (Å²) in [4.78, 5) is 29.9. The average molecular weight is 334 g/mol. The van der Waals surface area contributed by atoms with Crippen LogP contribution in [0.5, 0.6) is 0 Å². The van der Waals surface area contributed by atoms with Crippen LogP contribution in [0.4, 0.5) is 0 Å². The number of benzene rings is 2. The molecule has 4 heteroatoms. The summed E-state index contributed by atoms with van der Waals surface area (Å²) in [6, 6.07) is 17.0. The highest BCUT2D eigenvalue weighted by Gasteiger charge is 2.20. The van der Waals surface area contributed by atoms with E-state index in [0.29, 0.717) is 11.1 Å². The molecule has 1 aromatic heterocycles. The number of hydrogen-bond acceptors (Lipinski definition) is 2. The number of hydrogen-bond donors (Lipinski definition) is 1. The van der Waals surface area contributed by atoms with Crippen LogP contribution >= 0.6 is 0 Å². The fraction of sp³-hybridized carbons (Fsp3) is 0.238. The highest BCUT2D eigenvalue weighted by Crippen LogP contribution is 2.15. The number of H-pyrrole nitrogens is 1. The molecule has 0 aliphatic carbocycles. The minimum absolute atomic E-state index is 0.0142. The van der Waals surface area contributed by atoms with Gasteiger partial charge in [-0.3, -0.25) is 9.59 Å². The molecule has 0 fully saturated rings. The van der Waals surface area contributed by atoms with Crippen molar-refractivity contribution in [1.29, 1.82) is 0 Å². The zero-order chi connectivity index (χ0) is 18.0. The summed E-state index contributed by atoms with van der Waals surface area (Å²) in [6.07, 6.45) is 0. The quantitative estimate of drug-likeness (QED) is 0.787. The number of carbonyl (C=O) groups is 1. The van der Waals surface area contributed by atoms with Crippen LogP contribution < -0.4 is 5.56 Å². The van der Waals surface area contributed by atoms with Gasteiger partial charge in [0, 0.05) is 22.7 Å². The Balaban J connectivity index is 1.94. The molecule has 0 aliphatic rings. The lowest BCUT2D eigenvalue weighted by atomic mass is 10.1. The Morgan fingerprint density at radius 1 is 1.08 bits per heavy atom. The Morgan fingerprint density at radius 2 is 1.76 bits per heavy atom. The molecule has 0 aliphatic heterocycles. The summed E-state index contributed by atoms with van der Waals surface area (Å²) in [7, 11) is 0. The normalized spacial score (nSPS) is 11.0. The Morgan fingerprint density at radius 3 is 2.44 bits per heavy atom. The molecule has 0 bridgehead atoms.